The quantitative estimate of drug-likeness (QED) is 0.521. The first-order valence-corrected chi connectivity index (χ1v) is 10.2. The first-order valence-electron chi connectivity index (χ1n) is 8.55. The van der Waals surface area contributed by atoms with Crippen molar-refractivity contribution in [1.29, 1.82) is 0 Å². The number of hydrogen-bond donors (Lipinski definition) is 0. The van der Waals surface area contributed by atoms with Gasteiger partial charge in [0.2, 0.25) is 0 Å². The van der Waals surface area contributed by atoms with E-state index in [0.717, 1.165) is 0 Å². The molecule has 0 saturated heterocycles. The van der Waals surface area contributed by atoms with Crippen LogP contribution in [0.3, 0.4) is 0 Å². The second-order valence-electron chi connectivity index (χ2n) is 5.91. The fourth-order valence-corrected chi connectivity index (χ4v) is 4.44. The van der Waals surface area contributed by atoms with E-state index in [1.807, 2.05) is 105 Å². The van der Waals surface area contributed by atoms with Crippen LogP contribution < -0.4 is 13.3 Å². The van der Waals surface area contributed by atoms with Crippen molar-refractivity contribution in [2.75, 3.05) is 0 Å². The van der Waals surface area contributed by atoms with Crippen LogP contribution in [0, 0.1) is 0 Å². The lowest BCUT2D eigenvalue weighted by molar-refractivity contribution is 0.0614. The second kappa shape index (κ2) is 8.56. The Balaban J connectivity index is 1.97. The van der Waals surface area contributed by atoms with Gasteiger partial charge in [-0.05, 0) is 50.2 Å². The fourth-order valence-electron chi connectivity index (χ4n) is 2.32. The average Bonchev–Trinajstić information content (AvgIpc) is 2.63. The van der Waals surface area contributed by atoms with Crippen molar-refractivity contribution < 1.29 is 17.7 Å². The lowest BCUT2D eigenvalue weighted by atomic mass is 10.3. The highest BCUT2D eigenvalue weighted by molar-refractivity contribution is 6.56. The minimum atomic E-state index is -3.58. The summed E-state index contributed by atoms with van der Waals surface area (Å²) < 4.78 is 24.7. The van der Waals surface area contributed by atoms with Gasteiger partial charge < -0.3 is 17.7 Å². The number of benzene rings is 3. The zero-order chi connectivity index (χ0) is 18.2. The van der Waals surface area contributed by atoms with Crippen molar-refractivity contribution in [2.24, 2.45) is 0 Å². The van der Waals surface area contributed by atoms with E-state index < -0.39 is 9.05 Å². The molecule has 3 aromatic carbocycles. The molecule has 0 aliphatic rings. The van der Waals surface area contributed by atoms with Gasteiger partial charge in [-0.1, -0.05) is 54.6 Å². The van der Waals surface area contributed by atoms with E-state index in [2.05, 4.69) is 0 Å². The van der Waals surface area contributed by atoms with Crippen LogP contribution in [0.1, 0.15) is 13.8 Å². The van der Waals surface area contributed by atoms with E-state index in [-0.39, 0.29) is 6.10 Å². The van der Waals surface area contributed by atoms with Crippen molar-refractivity contribution in [3.05, 3.63) is 91.0 Å². The van der Waals surface area contributed by atoms with E-state index in [1.54, 1.807) is 0 Å². The van der Waals surface area contributed by atoms with Gasteiger partial charge in [-0.15, -0.1) is 0 Å². The molecule has 0 aliphatic carbocycles. The molecule has 3 rings (SSSR count). The van der Waals surface area contributed by atoms with E-state index >= 15 is 0 Å². The van der Waals surface area contributed by atoms with Crippen LogP contribution in [0.15, 0.2) is 91.0 Å². The summed E-state index contributed by atoms with van der Waals surface area (Å²) in [4.78, 5) is 0. The van der Waals surface area contributed by atoms with Crippen molar-refractivity contribution in [3.63, 3.8) is 0 Å². The molecular weight excluding hydrogens is 344 g/mol. The Morgan fingerprint density at radius 2 is 0.846 bits per heavy atom. The van der Waals surface area contributed by atoms with Crippen molar-refractivity contribution in [1.82, 2.24) is 0 Å². The van der Waals surface area contributed by atoms with Crippen LogP contribution in [-0.4, -0.2) is 15.2 Å². The van der Waals surface area contributed by atoms with Gasteiger partial charge in [0.15, 0.2) is 0 Å². The summed E-state index contributed by atoms with van der Waals surface area (Å²) in [5.74, 6) is 1.89. The van der Waals surface area contributed by atoms with Gasteiger partial charge in [0.1, 0.15) is 17.2 Å². The summed E-state index contributed by atoms with van der Waals surface area (Å²) in [6.07, 6.45) is -0.141. The second-order valence-corrected chi connectivity index (χ2v) is 7.76. The third-order valence-corrected chi connectivity index (χ3v) is 5.56. The van der Waals surface area contributed by atoms with E-state index in [1.165, 1.54) is 0 Å². The lowest BCUT2D eigenvalue weighted by Gasteiger charge is -2.29. The van der Waals surface area contributed by atoms with Gasteiger partial charge in [-0.3, -0.25) is 0 Å². The van der Waals surface area contributed by atoms with E-state index in [9.17, 15) is 0 Å². The normalized spacial score (nSPS) is 11.2. The molecule has 4 nitrogen and oxygen atoms in total. The summed E-state index contributed by atoms with van der Waals surface area (Å²) in [5.41, 5.74) is 0. The molecule has 26 heavy (non-hydrogen) atoms. The van der Waals surface area contributed by atoms with Gasteiger partial charge in [0.05, 0.1) is 0 Å². The molecule has 0 saturated carbocycles. The maximum absolute atomic E-state index is 6.19. The van der Waals surface area contributed by atoms with Gasteiger partial charge in [-0.25, -0.2) is 0 Å². The molecule has 0 radical (unpaired) electrons. The topological polar surface area (TPSA) is 36.9 Å². The minimum Gasteiger partial charge on any atom is -0.462 e. The van der Waals surface area contributed by atoms with Crippen LogP contribution in [0.25, 0.3) is 0 Å². The van der Waals surface area contributed by atoms with Gasteiger partial charge in [0.25, 0.3) is 0 Å². The van der Waals surface area contributed by atoms with Crippen LogP contribution in [-0.2, 0) is 4.43 Å². The Labute approximate surface area is 155 Å². The zero-order valence-corrected chi connectivity index (χ0v) is 15.9. The van der Waals surface area contributed by atoms with Gasteiger partial charge in [-0.2, -0.15) is 0 Å². The van der Waals surface area contributed by atoms with Crippen LogP contribution in [0.2, 0.25) is 0 Å². The maximum Gasteiger partial charge on any atom is 0.893 e. The first kappa shape index (κ1) is 18.0. The molecule has 0 N–H and O–H groups in total. The predicted octanol–water partition coefficient (Wildman–Crippen LogP) is 5.08. The predicted molar refractivity (Wildman–Crippen MR) is 103 cm³/mol. The van der Waals surface area contributed by atoms with Crippen LogP contribution >= 0.6 is 0 Å². The number of rotatable bonds is 8. The third-order valence-electron chi connectivity index (χ3n) is 3.34. The van der Waals surface area contributed by atoms with E-state index in [0.29, 0.717) is 17.2 Å². The molecular formula is C21H22O4Si. The summed E-state index contributed by atoms with van der Waals surface area (Å²) in [7, 11) is -3.58. The molecule has 5 heteroatoms. The highest BCUT2D eigenvalue weighted by atomic mass is 28.4. The molecule has 134 valence electrons. The Bertz CT molecular complexity index is 677. The Hall–Kier alpha value is -2.76. The monoisotopic (exact) mass is 366 g/mol. The minimum absolute atomic E-state index is 0.141. The molecule has 0 amide bonds. The molecule has 3 aromatic rings. The van der Waals surface area contributed by atoms with Crippen LogP contribution in [0.4, 0.5) is 0 Å². The van der Waals surface area contributed by atoms with Crippen molar-refractivity contribution in [2.45, 2.75) is 20.0 Å². The Kier molecular flexibility index (Phi) is 5.94. The Morgan fingerprint density at radius 1 is 0.538 bits per heavy atom. The zero-order valence-electron chi connectivity index (χ0n) is 14.9. The molecule has 0 fully saturated rings. The molecule has 0 aromatic heterocycles. The highest BCUT2D eigenvalue weighted by Gasteiger charge is 2.55. The molecule has 0 bridgehead atoms. The Morgan fingerprint density at radius 3 is 1.12 bits per heavy atom. The average molecular weight is 366 g/mol. The van der Waals surface area contributed by atoms with Gasteiger partial charge in [0, 0.05) is 6.10 Å². The number of para-hydroxylation sites is 3. The fraction of sp³-hybridized carbons (Fsp3) is 0.143. The largest absolute Gasteiger partial charge is 0.893 e. The first-order chi connectivity index (χ1) is 12.7. The van der Waals surface area contributed by atoms with Crippen molar-refractivity contribution in [3.8, 4) is 17.2 Å². The maximum atomic E-state index is 6.19. The molecule has 0 heterocycles. The smallest absolute Gasteiger partial charge is 0.462 e. The van der Waals surface area contributed by atoms with Gasteiger partial charge >= 0.3 is 9.05 Å². The summed E-state index contributed by atoms with van der Waals surface area (Å²) in [6.45, 7) is 3.86. The molecule has 0 spiro atoms. The summed E-state index contributed by atoms with van der Waals surface area (Å²) in [5, 5.41) is 0. The van der Waals surface area contributed by atoms with Crippen molar-refractivity contribution >= 4 is 9.05 Å². The van der Waals surface area contributed by atoms with E-state index in [4.69, 9.17) is 17.7 Å². The summed E-state index contributed by atoms with van der Waals surface area (Å²) >= 11 is 0. The third kappa shape index (κ3) is 5.11. The molecule has 0 aliphatic heterocycles. The van der Waals surface area contributed by atoms with Crippen LogP contribution in [0.5, 0.6) is 17.2 Å². The molecule has 0 unspecified atom stereocenters. The highest BCUT2D eigenvalue weighted by Crippen LogP contribution is 2.25. The lowest BCUT2D eigenvalue weighted by Crippen LogP contribution is -2.59. The number of hydrogen-bond acceptors (Lipinski definition) is 4. The molecule has 0 atom stereocenters. The summed E-state index contributed by atoms with van der Waals surface area (Å²) in [6, 6.07) is 28.3. The SMILES string of the molecule is CC(C)O[Si](Oc1ccccc1)(Oc1ccccc1)Oc1ccccc1. The standard InChI is InChI=1S/C21H22O4Si/c1-18(2)22-26(23-19-12-6-3-7-13-19,24-20-14-8-4-9-15-20)25-21-16-10-5-11-17-21/h3-18H,1-2H3.